The molecule has 0 radical (unpaired) electrons. The number of aryl methyl sites for hydroxylation is 2. The summed E-state index contributed by atoms with van der Waals surface area (Å²) in [5, 5.41) is 7.94. The lowest BCUT2D eigenvalue weighted by Crippen LogP contribution is -2.44. The Balaban J connectivity index is 1.22. The normalized spacial score (nSPS) is 24.7. The summed E-state index contributed by atoms with van der Waals surface area (Å²) in [6.07, 6.45) is 9.24. The lowest BCUT2D eigenvalue weighted by Gasteiger charge is -2.31. The van der Waals surface area contributed by atoms with E-state index in [1.54, 1.807) is 22.9 Å². The van der Waals surface area contributed by atoms with Gasteiger partial charge < -0.3 is 5.32 Å². The average molecular weight is 410 g/mol. The predicted octanol–water partition coefficient (Wildman–Crippen LogP) is 3.59. The molecule has 1 amide bonds. The number of nitrogens with zero attached hydrogens (tertiary/aromatic N) is 2. The molecule has 2 aromatic rings. The minimum atomic E-state index is -0.485. The van der Waals surface area contributed by atoms with Crippen LogP contribution in [0.15, 0.2) is 35.1 Å². The molecule has 1 aromatic carbocycles. The molecule has 3 aliphatic rings. The van der Waals surface area contributed by atoms with Gasteiger partial charge in [-0.15, -0.1) is 0 Å². The number of hydrogen-bond donors (Lipinski definition) is 1. The van der Waals surface area contributed by atoms with Crippen LogP contribution >= 0.6 is 0 Å². The zero-order chi connectivity index (χ0) is 20.7. The van der Waals surface area contributed by atoms with Gasteiger partial charge in [-0.3, -0.25) is 9.59 Å². The van der Waals surface area contributed by atoms with Crippen LogP contribution in [0.3, 0.4) is 0 Å². The summed E-state index contributed by atoms with van der Waals surface area (Å²) < 4.78 is 14.9. The number of nitrogens with one attached hydrogen (secondary N) is 1. The summed E-state index contributed by atoms with van der Waals surface area (Å²) in [5.41, 5.74) is 2.64. The van der Waals surface area contributed by atoms with Crippen molar-refractivity contribution in [2.45, 2.75) is 81.7 Å². The molecule has 1 N–H and O–H groups in total. The summed E-state index contributed by atoms with van der Waals surface area (Å²) >= 11 is 0. The van der Waals surface area contributed by atoms with Gasteiger partial charge in [0.25, 0.3) is 5.56 Å². The lowest BCUT2D eigenvalue weighted by molar-refractivity contribution is -0.124. The molecule has 5 rings (SSSR count). The fraction of sp³-hybridized carbons (Fsp3) is 0.542. The number of hydrogen-bond acceptors (Lipinski definition) is 3. The minimum Gasteiger partial charge on any atom is -0.353 e. The number of carbonyl (C=O) groups excluding carboxylic acids is 1. The predicted molar refractivity (Wildman–Crippen MR) is 112 cm³/mol. The third-order valence-electron chi connectivity index (χ3n) is 7.19. The number of aromatic nitrogens is 2. The number of halogens is 1. The summed E-state index contributed by atoms with van der Waals surface area (Å²) in [4.78, 5) is 25.5. The standard InChI is InChI=1S/C24H28FN3O2/c25-18-7-5-17(6-8-18)24(13-14-24)23(30)26-19-9-11-20(12-10-19)28-22(29)15-16-3-1-2-4-21(16)27-28/h5-8,15,19-20H,1-4,9-14H2,(H,26,30). The van der Waals surface area contributed by atoms with Gasteiger partial charge in [0.05, 0.1) is 17.2 Å². The SMILES string of the molecule is O=C(NC1CCC(n2nc3c(cc2=O)CCCC3)CC1)C1(c2ccc(F)cc2)CC1. The first-order valence-corrected chi connectivity index (χ1v) is 11.2. The second-order valence-corrected chi connectivity index (χ2v) is 9.17. The van der Waals surface area contributed by atoms with E-state index in [1.807, 2.05) is 0 Å². The molecule has 0 aliphatic heterocycles. The Hall–Kier alpha value is -2.50. The van der Waals surface area contributed by atoms with Gasteiger partial charge in [0.15, 0.2) is 0 Å². The van der Waals surface area contributed by atoms with E-state index in [0.29, 0.717) is 0 Å². The van der Waals surface area contributed by atoms with E-state index in [0.717, 1.165) is 81.0 Å². The van der Waals surface area contributed by atoms with E-state index < -0.39 is 5.41 Å². The summed E-state index contributed by atoms with van der Waals surface area (Å²) in [6.45, 7) is 0. The van der Waals surface area contributed by atoms with Gasteiger partial charge in [-0.05, 0) is 87.5 Å². The first-order chi connectivity index (χ1) is 14.5. The van der Waals surface area contributed by atoms with Crippen LogP contribution in [0.5, 0.6) is 0 Å². The molecule has 0 bridgehead atoms. The summed E-state index contributed by atoms with van der Waals surface area (Å²) in [6, 6.07) is 8.34. The molecule has 3 aliphatic carbocycles. The second kappa shape index (κ2) is 7.64. The van der Waals surface area contributed by atoms with Crippen LogP contribution in [-0.4, -0.2) is 21.7 Å². The Morgan fingerprint density at radius 1 is 1.07 bits per heavy atom. The van der Waals surface area contributed by atoms with Crippen molar-refractivity contribution in [3.8, 4) is 0 Å². The van der Waals surface area contributed by atoms with Crippen molar-refractivity contribution in [1.29, 1.82) is 0 Å². The van der Waals surface area contributed by atoms with Crippen molar-refractivity contribution < 1.29 is 9.18 Å². The summed E-state index contributed by atoms with van der Waals surface area (Å²) in [5.74, 6) is -0.221. The number of rotatable bonds is 4. The Morgan fingerprint density at radius 2 is 1.77 bits per heavy atom. The molecular formula is C24H28FN3O2. The Bertz CT molecular complexity index is 1000. The Morgan fingerprint density at radius 3 is 2.47 bits per heavy atom. The molecule has 0 saturated heterocycles. The number of carbonyl (C=O) groups is 1. The van der Waals surface area contributed by atoms with Crippen LogP contribution in [0, 0.1) is 5.82 Å². The van der Waals surface area contributed by atoms with Crippen LogP contribution in [0.4, 0.5) is 4.39 Å². The van der Waals surface area contributed by atoms with Gasteiger partial charge in [-0.1, -0.05) is 12.1 Å². The molecule has 30 heavy (non-hydrogen) atoms. The molecule has 0 spiro atoms. The minimum absolute atomic E-state index is 0.0105. The van der Waals surface area contributed by atoms with Crippen molar-refractivity contribution in [2.75, 3.05) is 0 Å². The monoisotopic (exact) mass is 409 g/mol. The van der Waals surface area contributed by atoms with Crippen LogP contribution in [-0.2, 0) is 23.1 Å². The molecule has 158 valence electrons. The molecule has 1 aromatic heterocycles. The maximum absolute atomic E-state index is 13.2. The van der Waals surface area contributed by atoms with Crippen molar-refractivity contribution in [3.05, 3.63) is 63.3 Å². The van der Waals surface area contributed by atoms with Gasteiger partial charge in [-0.25, -0.2) is 9.07 Å². The molecule has 2 saturated carbocycles. The smallest absolute Gasteiger partial charge is 0.267 e. The molecule has 5 nitrogen and oxygen atoms in total. The van der Waals surface area contributed by atoms with Crippen LogP contribution in [0.1, 0.15) is 74.2 Å². The second-order valence-electron chi connectivity index (χ2n) is 9.17. The number of fused-ring (bicyclic) bond motifs is 1. The van der Waals surface area contributed by atoms with E-state index in [-0.39, 0.29) is 29.4 Å². The lowest BCUT2D eigenvalue weighted by atomic mass is 9.89. The molecule has 0 atom stereocenters. The highest BCUT2D eigenvalue weighted by molar-refractivity contribution is 5.91. The van der Waals surface area contributed by atoms with Gasteiger partial charge in [0.1, 0.15) is 5.82 Å². The maximum Gasteiger partial charge on any atom is 0.267 e. The van der Waals surface area contributed by atoms with Crippen LogP contribution < -0.4 is 10.9 Å². The first kappa shape index (κ1) is 19.5. The van der Waals surface area contributed by atoms with Crippen molar-refractivity contribution >= 4 is 5.91 Å². The van der Waals surface area contributed by atoms with Crippen LogP contribution in [0.2, 0.25) is 0 Å². The first-order valence-electron chi connectivity index (χ1n) is 11.2. The highest BCUT2D eigenvalue weighted by Crippen LogP contribution is 2.48. The zero-order valence-corrected chi connectivity index (χ0v) is 17.2. The Kier molecular flexibility index (Phi) is 4.95. The van der Waals surface area contributed by atoms with E-state index in [2.05, 4.69) is 5.32 Å². The van der Waals surface area contributed by atoms with Crippen molar-refractivity contribution in [1.82, 2.24) is 15.1 Å². The molecule has 1 heterocycles. The summed E-state index contributed by atoms with van der Waals surface area (Å²) in [7, 11) is 0. The third-order valence-corrected chi connectivity index (χ3v) is 7.19. The maximum atomic E-state index is 13.2. The molecular weight excluding hydrogens is 381 g/mol. The van der Waals surface area contributed by atoms with Gasteiger partial charge >= 0.3 is 0 Å². The van der Waals surface area contributed by atoms with Crippen molar-refractivity contribution in [3.63, 3.8) is 0 Å². The Labute approximate surface area is 175 Å². The molecule has 2 fully saturated rings. The van der Waals surface area contributed by atoms with Gasteiger partial charge in [-0.2, -0.15) is 5.10 Å². The zero-order valence-electron chi connectivity index (χ0n) is 17.2. The number of amides is 1. The highest BCUT2D eigenvalue weighted by atomic mass is 19.1. The van der Waals surface area contributed by atoms with E-state index in [4.69, 9.17) is 5.10 Å². The average Bonchev–Trinajstić information content (AvgIpc) is 3.56. The fourth-order valence-corrected chi connectivity index (χ4v) is 5.17. The van der Waals surface area contributed by atoms with E-state index in [1.165, 1.54) is 12.1 Å². The van der Waals surface area contributed by atoms with Gasteiger partial charge in [0.2, 0.25) is 5.91 Å². The molecule has 0 unspecified atom stereocenters. The largest absolute Gasteiger partial charge is 0.353 e. The number of benzene rings is 1. The van der Waals surface area contributed by atoms with E-state index >= 15 is 0 Å². The molecule has 6 heteroatoms. The topological polar surface area (TPSA) is 64.0 Å². The fourth-order valence-electron chi connectivity index (χ4n) is 5.17. The van der Waals surface area contributed by atoms with Gasteiger partial charge in [0, 0.05) is 12.1 Å². The highest BCUT2D eigenvalue weighted by Gasteiger charge is 2.51. The van der Waals surface area contributed by atoms with Crippen molar-refractivity contribution in [2.24, 2.45) is 0 Å². The van der Waals surface area contributed by atoms with E-state index in [9.17, 15) is 14.0 Å². The third kappa shape index (κ3) is 3.57. The van der Waals surface area contributed by atoms with Crippen LogP contribution in [0.25, 0.3) is 0 Å². The quantitative estimate of drug-likeness (QED) is 0.839.